The molecule has 2 amide bonds. The van der Waals surface area contributed by atoms with Crippen molar-refractivity contribution in [2.75, 3.05) is 19.6 Å². The minimum atomic E-state index is -0.748. The number of piperidine rings is 1. The molecule has 0 aromatic heterocycles. The van der Waals surface area contributed by atoms with Crippen LogP contribution in [0.15, 0.2) is 0 Å². The van der Waals surface area contributed by atoms with E-state index < -0.39 is 11.0 Å². The summed E-state index contributed by atoms with van der Waals surface area (Å²) < 4.78 is 0. The molecule has 1 atom stereocenters. The fourth-order valence-corrected chi connectivity index (χ4v) is 3.81. The molecule has 0 spiro atoms. The van der Waals surface area contributed by atoms with E-state index in [1.54, 1.807) is 0 Å². The second kappa shape index (κ2) is 7.85. The van der Waals surface area contributed by atoms with Gasteiger partial charge in [0.25, 0.3) is 0 Å². The molecule has 1 saturated carbocycles. The van der Waals surface area contributed by atoms with Gasteiger partial charge in [0.05, 0.1) is 11.5 Å². The van der Waals surface area contributed by atoms with Gasteiger partial charge in [0.1, 0.15) is 0 Å². The highest BCUT2D eigenvalue weighted by Crippen LogP contribution is 2.27. The zero-order valence-electron chi connectivity index (χ0n) is 15.6. The number of carbonyl (C=O) groups excluding carboxylic acids is 2. The molecule has 0 radical (unpaired) electrons. The van der Waals surface area contributed by atoms with Gasteiger partial charge in [-0.25, -0.2) is 0 Å². The third-order valence-corrected chi connectivity index (χ3v) is 5.35. The molecule has 0 unspecified atom stereocenters. The van der Waals surface area contributed by atoms with Gasteiger partial charge in [-0.05, 0) is 25.7 Å². The molecule has 1 aliphatic heterocycles. The largest absolute Gasteiger partial charge is 0.388 e. The van der Waals surface area contributed by atoms with Gasteiger partial charge >= 0.3 is 0 Å². The number of nitrogens with zero attached hydrogens (tertiary/aromatic N) is 1. The van der Waals surface area contributed by atoms with Crippen LogP contribution in [-0.4, -0.2) is 47.1 Å². The Kier molecular flexibility index (Phi) is 6.29. The number of aliphatic hydroxyl groups is 1. The number of hydrogen-bond acceptors (Lipinski definition) is 3. The summed E-state index contributed by atoms with van der Waals surface area (Å²) in [6, 6.07) is 0. The van der Waals surface area contributed by atoms with E-state index in [4.69, 9.17) is 0 Å². The van der Waals surface area contributed by atoms with Gasteiger partial charge < -0.3 is 15.3 Å². The van der Waals surface area contributed by atoms with Crippen molar-refractivity contribution in [2.45, 2.75) is 77.7 Å². The van der Waals surface area contributed by atoms with Crippen molar-refractivity contribution in [1.29, 1.82) is 0 Å². The first-order valence-electron chi connectivity index (χ1n) is 9.51. The van der Waals surface area contributed by atoms with Crippen LogP contribution < -0.4 is 5.32 Å². The lowest BCUT2D eigenvalue weighted by molar-refractivity contribution is -0.143. The van der Waals surface area contributed by atoms with E-state index in [2.05, 4.69) is 5.32 Å². The van der Waals surface area contributed by atoms with Crippen LogP contribution in [0.3, 0.4) is 0 Å². The standard InChI is InChI=1S/C19H34N2O3/c1-18(2,3)17(23)21-12-8-9-15(13-21)16(22)20-14-19(24)10-6-4-5-7-11-19/h15,24H,4-14H2,1-3H3,(H,20,22)/t15-/m1/s1. The van der Waals surface area contributed by atoms with Gasteiger partial charge in [-0.3, -0.25) is 9.59 Å². The zero-order valence-corrected chi connectivity index (χ0v) is 15.6. The van der Waals surface area contributed by atoms with E-state index in [0.29, 0.717) is 13.1 Å². The van der Waals surface area contributed by atoms with Crippen LogP contribution >= 0.6 is 0 Å². The lowest BCUT2D eigenvalue weighted by Gasteiger charge is -2.36. The molecule has 0 aromatic rings. The summed E-state index contributed by atoms with van der Waals surface area (Å²) >= 11 is 0. The average molecular weight is 338 g/mol. The summed E-state index contributed by atoms with van der Waals surface area (Å²) in [7, 11) is 0. The fourth-order valence-electron chi connectivity index (χ4n) is 3.81. The third-order valence-electron chi connectivity index (χ3n) is 5.35. The molecule has 5 nitrogen and oxygen atoms in total. The van der Waals surface area contributed by atoms with Crippen molar-refractivity contribution in [3.8, 4) is 0 Å². The Labute approximate surface area is 146 Å². The van der Waals surface area contributed by atoms with E-state index >= 15 is 0 Å². The Bertz CT molecular complexity index is 448. The molecule has 0 aromatic carbocycles. The van der Waals surface area contributed by atoms with Gasteiger partial charge in [0.2, 0.25) is 11.8 Å². The van der Waals surface area contributed by atoms with Crippen LogP contribution in [0, 0.1) is 11.3 Å². The minimum absolute atomic E-state index is 0.0147. The molecular weight excluding hydrogens is 304 g/mol. The topological polar surface area (TPSA) is 69.6 Å². The van der Waals surface area contributed by atoms with Crippen molar-refractivity contribution in [3.05, 3.63) is 0 Å². The Morgan fingerprint density at radius 3 is 2.33 bits per heavy atom. The van der Waals surface area contributed by atoms with E-state index in [0.717, 1.165) is 45.1 Å². The highest BCUT2D eigenvalue weighted by Gasteiger charge is 2.34. The quantitative estimate of drug-likeness (QED) is 0.777. The summed E-state index contributed by atoms with van der Waals surface area (Å²) in [5.74, 6) is -0.0547. The highest BCUT2D eigenvalue weighted by molar-refractivity contribution is 5.83. The molecule has 2 fully saturated rings. The maximum Gasteiger partial charge on any atom is 0.227 e. The predicted molar refractivity (Wildman–Crippen MR) is 94.4 cm³/mol. The molecule has 1 heterocycles. The number of carbonyl (C=O) groups is 2. The maximum absolute atomic E-state index is 12.5. The molecule has 2 rings (SSSR count). The lowest BCUT2D eigenvalue weighted by atomic mass is 9.90. The first kappa shape index (κ1) is 19.2. The van der Waals surface area contributed by atoms with Gasteiger partial charge in [-0.15, -0.1) is 0 Å². The van der Waals surface area contributed by atoms with Crippen molar-refractivity contribution >= 4 is 11.8 Å². The monoisotopic (exact) mass is 338 g/mol. The molecule has 2 aliphatic rings. The van der Waals surface area contributed by atoms with E-state index in [1.807, 2.05) is 25.7 Å². The van der Waals surface area contributed by atoms with Crippen molar-refractivity contribution in [3.63, 3.8) is 0 Å². The fraction of sp³-hybridized carbons (Fsp3) is 0.895. The molecule has 0 bridgehead atoms. The van der Waals surface area contributed by atoms with Crippen LogP contribution in [0.25, 0.3) is 0 Å². The zero-order chi connectivity index (χ0) is 17.8. The second-order valence-corrected chi connectivity index (χ2v) is 8.70. The SMILES string of the molecule is CC(C)(C)C(=O)N1CCC[C@@H](C(=O)NCC2(O)CCCCCC2)C1. The van der Waals surface area contributed by atoms with Crippen LogP contribution in [0.1, 0.15) is 72.1 Å². The summed E-state index contributed by atoms with van der Waals surface area (Å²) in [5, 5.41) is 13.6. The van der Waals surface area contributed by atoms with Crippen molar-refractivity contribution in [1.82, 2.24) is 10.2 Å². The molecule has 24 heavy (non-hydrogen) atoms. The number of nitrogens with one attached hydrogen (secondary N) is 1. The summed E-state index contributed by atoms with van der Waals surface area (Å²) in [6.45, 7) is 7.33. The first-order valence-corrected chi connectivity index (χ1v) is 9.51. The summed E-state index contributed by atoms with van der Waals surface area (Å²) in [5.41, 5.74) is -1.16. The van der Waals surface area contributed by atoms with Crippen LogP contribution in [0.4, 0.5) is 0 Å². The number of amides is 2. The number of likely N-dealkylation sites (tertiary alicyclic amines) is 1. The van der Waals surface area contributed by atoms with Crippen molar-refractivity contribution < 1.29 is 14.7 Å². The van der Waals surface area contributed by atoms with E-state index in [-0.39, 0.29) is 17.7 Å². The predicted octanol–water partition coefficient (Wildman–Crippen LogP) is 2.47. The molecule has 5 heteroatoms. The van der Waals surface area contributed by atoms with E-state index in [1.165, 1.54) is 12.8 Å². The third kappa shape index (κ3) is 5.20. The number of hydrogen-bond donors (Lipinski definition) is 2. The average Bonchev–Trinajstić information content (AvgIpc) is 2.76. The first-order chi connectivity index (χ1) is 11.2. The Hall–Kier alpha value is -1.10. The molecule has 138 valence electrons. The van der Waals surface area contributed by atoms with Gasteiger partial charge in [-0.1, -0.05) is 46.5 Å². The smallest absolute Gasteiger partial charge is 0.227 e. The normalized spacial score (nSPS) is 25.0. The van der Waals surface area contributed by atoms with Crippen LogP contribution in [-0.2, 0) is 9.59 Å². The van der Waals surface area contributed by atoms with Gasteiger partial charge in [-0.2, -0.15) is 0 Å². The number of rotatable bonds is 3. The second-order valence-electron chi connectivity index (χ2n) is 8.70. The van der Waals surface area contributed by atoms with Crippen LogP contribution in [0.2, 0.25) is 0 Å². The Morgan fingerprint density at radius 2 is 1.75 bits per heavy atom. The van der Waals surface area contributed by atoms with Crippen molar-refractivity contribution in [2.24, 2.45) is 11.3 Å². The highest BCUT2D eigenvalue weighted by atomic mass is 16.3. The lowest BCUT2D eigenvalue weighted by Crippen LogP contribution is -2.50. The van der Waals surface area contributed by atoms with E-state index in [9.17, 15) is 14.7 Å². The maximum atomic E-state index is 12.5. The molecule has 1 aliphatic carbocycles. The molecular formula is C19H34N2O3. The van der Waals surface area contributed by atoms with Gasteiger partial charge in [0, 0.05) is 25.0 Å². The Morgan fingerprint density at radius 1 is 1.12 bits per heavy atom. The minimum Gasteiger partial charge on any atom is -0.388 e. The Balaban J connectivity index is 1.86. The van der Waals surface area contributed by atoms with Crippen LogP contribution in [0.5, 0.6) is 0 Å². The summed E-state index contributed by atoms with van der Waals surface area (Å²) in [6.07, 6.45) is 7.63. The summed E-state index contributed by atoms with van der Waals surface area (Å²) in [4.78, 5) is 26.8. The molecule has 1 saturated heterocycles. The van der Waals surface area contributed by atoms with Gasteiger partial charge in [0.15, 0.2) is 0 Å². The molecule has 2 N–H and O–H groups in total.